The average molecular weight is 311 g/mol. The maximum Gasteiger partial charge on any atom is 0.210 e. The summed E-state index contributed by atoms with van der Waals surface area (Å²) in [6, 6.07) is 7.01. The molecule has 0 fully saturated rings. The van der Waals surface area contributed by atoms with Crippen molar-refractivity contribution in [1.82, 2.24) is 0 Å². The molecule has 0 saturated heterocycles. The molecule has 0 radical (unpaired) electrons. The third-order valence-corrected chi connectivity index (χ3v) is 3.63. The van der Waals surface area contributed by atoms with E-state index in [0.29, 0.717) is 11.1 Å². The van der Waals surface area contributed by atoms with Gasteiger partial charge in [-0.2, -0.15) is 10.4 Å². The summed E-state index contributed by atoms with van der Waals surface area (Å²) in [6.07, 6.45) is 0. The third-order valence-electron chi connectivity index (χ3n) is 3.24. The van der Waals surface area contributed by atoms with Gasteiger partial charge in [0.15, 0.2) is 5.78 Å². The highest BCUT2D eigenvalue weighted by Gasteiger charge is 2.26. The van der Waals surface area contributed by atoms with Gasteiger partial charge in [-0.3, -0.25) is 4.79 Å². The molecule has 2 aromatic rings. The van der Waals surface area contributed by atoms with Crippen LogP contribution in [0, 0.1) is 12.7 Å². The Bertz CT molecular complexity index is 716. The summed E-state index contributed by atoms with van der Waals surface area (Å²) in [7, 11) is 0. The van der Waals surface area contributed by atoms with E-state index < -0.39 is 11.0 Å². The molecule has 6 heteroatoms. The second-order valence-electron chi connectivity index (χ2n) is 4.67. The van der Waals surface area contributed by atoms with Crippen LogP contribution < -0.4 is 5.23 Å². The van der Waals surface area contributed by atoms with E-state index in [0.717, 1.165) is 0 Å². The fourth-order valence-electron chi connectivity index (χ4n) is 2.25. The quantitative estimate of drug-likeness (QED) is 0.603. The summed E-state index contributed by atoms with van der Waals surface area (Å²) < 4.78 is 13.5. The van der Waals surface area contributed by atoms with E-state index in [1.165, 1.54) is 31.2 Å². The number of hydrogen-bond acceptors (Lipinski definition) is 3. The zero-order valence-electron chi connectivity index (χ0n) is 11.4. The van der Waals surface area contributed by atoms with Crippen molar-refractivity contribution >= 4 is 23.1 Å². The number of carbonyl (C=O) groups is 1. The van der Waals surface area contributed by atoms with Crippen LogP contribution in [0.1, 0.15) is 22.8 Å². The van der Waals surface area contributed by atoms with Crippen molar-refractivity contribution in [3.63, 3.8) is 0 Å². The maximum absolute atomic E-state index is 13.5. The summed E-state index contributed by atoms with van der Waals surface area (Å²) in [5.74, 6) is -0.795. The second-order valence-corrected chi connectivity index (χ2v) is 5.08. The Hall–Kier alpha value is -1.79. The lowest BCUT2D eigenvalue weighted by molar-refractivity contribution is -1.19. The number of benzene rings is 2. The minimum atomic E-state index is -0.961. The second kappa shape index (κ2) is 5.91. The van der Waals surface area contributed by atoms with Crippen LogP contribution in [0.4, 0.5) is 10.1 Å². The van der Waals surface area contributed by atoms with Crippen LogP contribution in [-0.2, 0) is 0 Å². The fourth-order valence-corrected chi connectivity index (χ4v) is 2.45. The van der Waals surface area contributed by atoms with Crippen molar-refractivity contribution in [3.8, 4) is 11.1 Å². The lowest BCUT2D eigenvalue weighted by Crippen LogP contribution is -3.02. The number of carbonyl (C=O) groups excluding carboxylic acids is 1. The summed E-state index contributed by atoms with van der Waals surface area (Å²) in [5, 5.41) is 18.4. The highest BCUT2D eigenvalue weighted by atomic mass is 35.5. The zero-order chi connectivity index (χ0) is 15.7. The van der Waals surface area contributed by atoms with E-state index in [4.69, 9.17) is 11.6 Å². The molecule has 3 N–H and O–H groups in total. The first kappa shape index (κ1) is 15.6. The molecule has 0 unspecified atom stereocenters. The molecule has 0 aliphatic rings. The van der Waals surface area contributed by atoms with Crippen LogP contribution in [-0.4, -0.2) is 16.2 Å². The SMILES string of the molecule is CC(=O)c1cc(Cl)c(C)c([NH+](O)O)c1-c1cccc(F)c1. The van der Waals surface area contributed by atoms with Crippen LogP contribution in [0.2, 0.25) is 5.02 Å². The van der Waals surface area contributed by atoms with E-state index in [-0.39, 0.29) is 27.6 Å². The number of halogens is 2. The molecule has 4 nitrogen and oxygen atoms in total. The van der Waals surface area contributed by atoms with E-state index in [2.05, 4.69) is 0 Å². The van der Waals surface area contributed by atoms with Gasteiger partial charge < -0.3 is 0 Å². The van der Waals surface area contributed by atoms with Gasteiger partial charge in [-0.15, -0.1) is 0 Å². The molecule has 21 heavy (non-hydrogen) atoms. The minimum absolute atomic E-state index is 0.0262. The van der Waals surface area contributed by atoms with Crippen LogP contribution in [0.25, 0.3) is 11.1 Å². The molecule has 0 spiro atoms. The number of ketones is 1. The molecule has 110 valence electrons. The molecule has 0 amide bonds. The van der Waals surface area contributed by atoms with Gasteiger partial charge in [0.25, 0.3) is 0 Å². The topological polar surface area (TPSA) is 62.0 Å². The molecule has 0 aliphatic carbocycles. The predicted octanol–water partition coefficient (Wildman–Crippen LogP) is 2.95. The fraction of sp³-hybridized carbons (Fsp3) is 0.133. The van der Waals surface area contributed by atoms with Crippen molar-refractivity contribution < 1.29 is 24.8 Å². The first-order chi connectivity index (χ1) is 9.82. The molecule has 0 bridgehead atoms. The van der Waals surface area contributed by atoms with Crippen LogP contribution >= 0.6 is 11.6 Å². The van der Waals surface area contributed by atoms with Gasteiger partial charge >= 0.3 is 0 Å². The molecule has 0 saturated carbocycles. The summed E-state index contributed by atoms with van der Waals surface area (Å²) in [5.41, 5.74) is 1.26. The number of Topliss-reactive ketones (excluding diaryl/α,β-unsaturated/α-hetero) is 1. The monoisotopic (exact) mass is 310 g/mol. The molecule has 2 rings (SSSR count). The van der Waals surface area contributed by atoms with Crippen LogP contribution in [0.15, 0.2) is 30.3 Å². The average Bonchev–Trinajstić information content (AvgIpc) is 2.40. The molecule has 0 atom stereocenters. The summed E-state index contributed by atoms with van der Waals surface area (Å²) >= 11 is 6.04. The Labute approximate surface area is 125 Å². The Kier molecular flexibility index (Phi) is 4.39. The van der Waals surface area contributed by atoms with E-state index in [9.17, 15) is 19.6 Å². The summed E-state index contributed by atoms with van der Waals surface area (Å²) in [6.45, 7) is 2.93. The Morgan fingerprint density at radius 1 is 1.29 bits per heavy atom. The zero-order valence-corrected chi connectivity index (χ0v) is 12.2. The normalized spacial score (nSPS) is 11.0. The van der Waals surface area contributed by atoms with Gasteiger partial charge in [0.05, 0.1) is 10.6 Å². The molecule has 0 aliphatic heterocycles. The largest absolute Gasteiger partial charge is 0.294 e. The number of rotatable bonds is 3. The standard InChI is InChI=1S/C15H13ClFNO3/c1-8-13(16)7-12(9(2)19)14(15(8)18(20)21)10-4-3-5-11(17)6-10/h3-7,20-21H,1-2H3/p+1. The molecule has 2 aromatic carbocycles. The lowest BCUT2D eigenvalue weighted by Gasteiger charge is -2.15. The minimum Gasteiger partial charge on any atom is -0.294 e. The number of nitrogens with one attached hydrogen (secondary N) is 1. The Morgan fingerprint density at radius 2 is 1.95 bits per heavy atom. The highest BCUT2D eigenvalue weighted by Crippen LogP contribution is 2.36. The maximum atomic E-state index is 13.5. The van der Waals surface area contributed by atoms with Crippen molar-refractivity contribution in [2.45, 2.75) is 13.8 Å². The van der Waals surface area contributed by atoms with Crippen molar-refractivity contribution in [1.29, 1.82) is 0 Å². The number of hydrogen-bond donors (Lipinski definition) is 3. The Morgan fingerprint density at radius 3 is 2.48 bits per heavy atom. The van der Waals surface area contributed by atoms with E-state index in [1.807, 2.05) is 0 Å². The van der Waals surface area contributed by atoms with Gasteiger partial charge in [0, 0.05) is 11.1 Å². The first-order valence-electron chi connectivity index (χ1n) is 6.18. The van der Waals surface area contributed by atoms with Crippen molar-refractivity contribution in [2.24, 2.45) is 0 Å². The van der Waals surface area contributed by atoms with Gasteiger partial charge in [0.1, 0.15) is 5.82 Å². The Balaban J connectivity index is 2.90. The molecule has 0 aromatic heterocycles. The van der Waals surface area contributed by atoms with Crippen molar-refractivity contribution in [2.75, 3.05) is 0 Å². The first-order valence-corrected chi connectivity index (χ1v) is 6.56. The van der Waals surface area contributed by atoms with Crippen LogP contribution in [0.5, 0.6) is 0 Å². The number of quaternary nitrogens is 1. The highest BCUT2D eigenvalue weighted by molar-refractivity contribution is 6.32. The van der Waals surface area contributed by atoms with Crippen LogP contribution in [0.3, 0.4) is 0 Å². The van der Waals surface area contributed by atoms with Gasteiger partial charge in [-0.1, -0.05) is 23.7 Å². The molecular weight excluding hydrogens is 297 g/mol. The molecule has 0 heterocycles. The van der Waals surface area contributed by atoms with Gasteiger partial charge in [-0.25, -0.2) is 4.39 Å². The van der Waals surface area contributed by atoms with Gasteiger partial charge in [-0.05, 0) is 42.8 Å². The molecular formula is C15H14ClFNO3+. The van der Waals surface area contributed by atoms with Crippen molar-refractivity contribution in [3.05, 3.63) is 52.3 Å². The van der Waals surface area contributed by atoms with E-state index >= 15 is 0 Å². The smallest absolute Gasteiger partial charge is 0.210 e. The third kappa shape index (κ3) is 2.96. The van der Waals surface area contributed by atoms with E-state index in [1.54, 1.807) is 13.0 Å². The summed E-state index contributed by atoms with van der Waals surface area (Å²) in [4.78, 5) is 11.8. The van der Waals surface area contributed by atoms with Gasteiger partial charge in [0.2, 0.25) is 5.69 Å². The lowest BCUT2D eigenvalue weighted by atomic mass is 9.93. The predicted molar refractivity (Wildman–Crippen MR) is 75.8 cm³/mol.